The van der Waals surface area contributed by atoms with E-state index in [0.717, 1.165) is 6.42 Å². The molecule has 0 saturated heterocycles. The minimum atomic E-state index is -1.04. The van der Waals surface area contributed by atoms with Crippen molar-refractivity contribution in [3.05, 3.63) is 11.6 Å². The molecule has 0 radical (unpaired) electrons. The Balaban J connectivity index is 2.57. The van der Waals surface area contributed by atoms with Crippen LogP contribution in [0.5, 0.6) is 0 Å². The number of urea groups is 1. The molecule has 0 fully saturated rings. The van der Waals surface area contributed by atoms with Crippen LogP contribution in [0.3, 0.4) is 0 Å². The number of amides is 2. The van der Waals surface area contributed by atoms with E-state index >= 15 is 0 Å². The van der Waals surface area contributed by atoms with Gasteiger partial charge in [0.05, 0.1) is 0 Å². The minimum absolute atomic E-state index is 0.116. The Kier molecular flexibility index (Phi) is 6.20. The van der Waals surface area contributed by atoms with E-state index in [0.29, 0.717) is 19.7 Å². The van der Waals surface area contributed by atoms with Gasteiger partial charge in [-0.2, -0.15) is 0 Å². The summed E-state index contributed by atoms with van der Waals surface area (Å²) >= 11 is 0. The van der Waals surface area contributed by atoms with E-state index in [4.69, 9.17) is 9.84 Å². The molecule has 0 aromatic rings. The predicted octanol–water partition coefficient (Wildman–Crippen LogP) is 1.86. The molecule has 0 aromatic carbocycles. The average molecular weight is 298 g/mol. The van der Waals surface area contributed by atoms with E-state index in [-0.39, 0.29) is 17.9 Å². The standard InChI is InChI=1S/C15H26N2O4/c1-15(2,3)11-5-8-17(9-6-11)14(20)16-12(13(18)19)7-10-21-4/h5,12H,6-10H2,1-4H3,(H,16,20)(H,18,19). The Bertz CT molecular complexity index is 412. The predicted molar refractivity (Wildman–Crippen MR) is 80.2 cm³/mol. The van der Waals surface area contributed by atoms with Gasteiger partial charge in [0.25, 0.3) is 0 Å². The Labute approximate surface area is 126 Å². The second-order valence-electron chi connectivity index (χ2n) is 6.30. The molecule has 1 aliphatic heterocycles. The molecular formula is C15H26N2O4. The molecule has 1 rings (SSSR count). The summed E-state index contributed by atoms with van der Waals surface area (Å²) in [6.45, 7) is 7.89. The number of ether oxygens (including phenoxy) is 1. The van der Waals surface area contributed by atoms with Gasteiger partial charge in [0.1, 0.15) is 6.04 Å². The number of carboxylic acids is 1. The van der Waals surface area contributed by atoms with Gasteiger partial charge in [0.2, 0.25) is 0 Å². The van der Waals surface area contributed by atoms with Gasteiger partial charge in [-0.25, -0.2) is 9.59 Å². The molecule has 0 saturated carbocycles. The minimum Gasteiger partial charge on any atom is -0.480 e. The molecule has 0 aliphatic carbocycles. The number of aliphatic carboxylic acids is 1. The number of hydrogen-bond donors (Lipinski definition) is 2. The largest absolute Gasteiger partial charge is 0.480 e. The zero-order valence-electron chi connectivity index (χ0n) is 13.3. The van der Waals surface area contributed by atoms with E-state index in [1.54, 1.807) is 4.90 Å². The number of carboxylic acid groups (broad SMARTS) is 1. The van der Waals surface area contributed by atoms with Gasteiger partial charge in [-0.1, -0.05) is 32.4 Å². The smallest absolute Gasteiger partial charge is 0.326 e. The van der Waals surface area contributed by atoms with Crippen LogP contribution >= 0.6 is 0 Å². The maximum absolute atomic E-state index is 12.1. The van der Waals surface area contributed by atoms with Crippen molar-refractivity contribution in [3.8, 4) is 0 Å². The summed E-state index contributed by atoms with van der Waals surface area (Å²) in [6.07, 6.45) is 3.15. The topological polar surface area (TPSA) is 78.9 Å². The van der Waals surface area contributed by atoms with Crippen molar-refractivity contribution in [2.45, 2.75) is 39.7 Å². The summed E-state index contributed by atoms with van der Waals surface area (Å²) in [5, 5.41) is 11.6. The van der Waals surface area contributed by atoms with Crippen molar-refractivity contribution < 1.29 is 19.4 Å². The van der Waals surface area contributed by atoms with Crippen molar-refractivity contribution >= 4 is 12.0 Å². The summed E-state index contributed by atoms with van der Waals surface area (Å²) in [6, 6.07) is -1.24. The maximum atomic E-state index is 12.1. The lowest BCUT2D eigenvalue weighted by Crippen LogP contribution is -2.49. The van der Waals surface area contributed by atoms with E-state index in [1.807, 2.05) is 0 Å². The molecule has 1 atom stereocenters. The fraction of sp³-hybridized carbons (Fsp3) is 0.733. The monoisotopic (exact) mass is 298 g/mol. The summed E-state index contributed by atoms with van der Waals surface area (Å²) in [5.74, 6) is -1.04. The van der Waals surface area contributed by atoms with Crippen LogP contribution in [-0.4, -0.2) is 54.9 Å². The maximum Gasteiger partial charge on any atom is 0.326 e. The first-order valence-electron chi connectivity index (χ1n) is 7.22. The van der Waals surface area contributed by atoms with Crippen molar-refractivity contribution in [1.29, 1.82) is 0 Å². The van der Waals surface area contributed by atoms with Crippen LogP contribution in [0, 0.1) is 5.41 Å². The highest BCUT2D eigenvalue weighted by Crippen LogP contribution is 2.29. The molecule has 120 valence electrons. The van der Waals surface area contributed by atoms with Crippen LogP contribution in [0.2, 0.25) is 0 Å². The Morgan fingerprint density at radius 2 is 2.14 bits per heavy atom. The lowest BCUT2D eigenvalue weighted by molar-refractivity contribution is -0.139. The molecule has 6 nitrogen and oxygen atoms in total. The van der Waals surface area contributed by atoms with Crippen molar-refractivity contribution in [1.82, 2.24) is 10.2 Å². The number of hydrogen-bond acceptors (Lipinski definition) is 3. The zero-order valence-corrected chi connectivity index (χ0v) is 13.3. The van der Waals surface area contributed by atoms with Crippen molar-refractivity contribution in [2.75, 3.05) is 26.8 Å². The van der Waals surface area contributed by atoms with Crippen LogP contribution in [0.1, 0.15) is 33.6 Å². The highest BCUT2D eigenvalue weighted by Gasteiger charge is 2.26. The Morgan fingerprint density at radius 1 is 1.48 bits per heavy atom. The number of rotatable bonds is 5. The summed E-state index contributed by atoms with van der Waals surface area (Å²) < 4.78 is 4.86. The number of nitrogens with zero attached hydrogens (tertiary/aromatic N) is 1. The fourth-order valence-electron chi connectivity index (χ4n) is 2.27. The highest BCUT2D eigenvalue weighted by molar-refractivity contribution is 5.82. The van der Waals surface area contributed by atoms with Crippen LogP contribution in [-0.2, 0) is 9.53 Å². The number of methoxy groups -OCH3 is 1. The quantitative estimate of drug-likeness (QED) is 0.759. The van der Waals surface area contributed by atoms with Gasteiger partial charge in [0.15, 0.2) is 0 Å². The van der Waals surface area contributed by atoms with E-state index in [9.17, 15) is 9.59 Å². The summed E-state index contributed by atoms with van der Waals surface area (Å²) in [4.78, 5) is 24.9. The molecular weight excluding hydrogens is 272 g/mol. The van der Waals surface area contributed by atoms with Gasteiger partial charge in [0, 0.05) is 33.2 Å². The van der Waals surface area contributed by atoms with Crippen LogP contribution < -0.4 is 5.32 Å². The average Bonchev–Trinajstić information content (AvgIpc) is 2.42. The Morgan fingerprint density at radius 3 is 2.57 bits per heavy atom. The molecule has 2 N–H and O–H groups in total. The lowest BCUT2D eigenvalue weighted by atomic mass is 9.83. The van der Waals surface area contributed by atoms with Crippen molar-refractivity contribution in [2.24, 2.45) is 5.41 Å². The van der Waals surface area contributed by atoms with Gasteiger partial charge in [-0.05, 0) is 11.8 Å². The number of carbonyl (C=O) groups is 2. The fourth-order valence-corrected chi connectivity index (χ4v) is 2.27. The van der Waals surface area contributed by atoms with E-state index in [1.165, 1.54) is 12.7 Å². The third-order valence-electron chi connectivity index (χ3n) is 3.67. The first-order chi connectivity index (χ1) is 9.75. The molecule has 1 heterocycles. The van der Waals surface area contributed by atoms with Crippen LogP contribution in [0.15, 0.2) is 11.6 Å². The molecule has 0 bridgehead atoms. The molecule has 21 heavy (non-hydrogen) atoms. The van der Waals surface area contributed by atoms with Crippen LogP contribution in [0.4, 0.5) is 4.79 Å². The molecule has 0 spiro atoms. The Hall–Kier alpha value is -1.56. The zero-order chi connectivity index (χ0) is 16.0. The van der Waals surface area contributed by atoms with Gasteiger partial charge in [-0.15, -0.1) is 0 Å². The molecule has 1 aliphatic rings. The van der Waals surface area contributed by atoms with Gasteiger partial charge < -0.3 is 20.1 Å². The first-order valence-corrected chi connectivity index (χ1v) is 7.22. The normalized spacial score (nSPS) is 17.1. The first kappa shape index (κ1) is 17.5. The third kappa shape index (κ3) is 5.38. The van der Waals surface area contributed by atoms with E-state index in [2.05, 4.69) is 32.2 Å². The third-order valence-corrected chi connectivity index (χ3v) is 3.67. The SMILES string of the molecule is COCCC(NC(=O)N1CC=C(C(C)(C)C)CC1)C(=O)O. The number of carbonyl (C=O) groups excluding carboxylic acids is 1. The lowest BCUT2D eigenvalue weighted by Gasteiger charge is -2.32. The van der Waals surface area contributed by atoms with Crippen LogP contribution in [0.25, 0.3) is 0 Å². The van der Waals surface area contributed by atoms with E-state index < -0.39 is 12.0 Å². The molecule has 6 heteroatoms. The molecule has 0 aromatic heterocycles. The molecule has 2 amide bonds. The van der Waals surface area contributed by atoms with Gasteiger partial charge >= 0.3 is 12.0 Å². The highest BCUT2D eigenvalue weighted by atomic mass is 16.5. The number of nitrogens with one attached hydrogen (secondary N) is 1. The summed E-state index contributed by atoms with van der Waals surface area (Å²) in [5.41, 5.74) is 1.45. The van der Waals surface area contributed by atoms with Gasteiger partial charge in [-0.3, -0.25) is 0 Å². The van der Waals surface area contributed by atoms with Crippen molar-refractivity contribution in [3.63, 3.8) is 0 Å². The molecule has 1 unspecified atom stereocenters. The second kappa shape index (κ2) is 7.45. The summed E-state index contributed by atoms with van der Waals surface area (Å²) in [7, 11) is 1.50. The second-order valence-corrected chi connectivity index (χ2v) is 6.30.